The topological polar surface area (TPSA) is 36.9 Å². The van der Waals surface area contributed by atoms with Gasteiger partial charge in [0.2, 0.25) is 0 Å². The lowest BCUT2D eigenvalue weighted by atomic mass is 9.86. The fraction of sp³-hybridized carbons (Fsp3) is 0.632. The zero-order valence-corrected chi connectivity index (χ0v) is 17.2. The number of guanidine groups is 1. The van der Waals surface area contributed by atoms with Crippen LogP contribution in [0.25, 0.3) is 0 Å². The van der Waals surface area contributed by atoms with Crippen LogP contribution in [0.4, 0.5) is 0 Å². The van der Waals surface area contributed by atoms with Gasteiger partial charge in [-0.2, -0.15) is 0 Å². The van der Waals surface area contributed by atoms with Gasteiger partial charge in [-0.05, 0) is 35.8 Å². The Morgan fingerprint density at radius 3 is 2.71 bits per heavy atom. The average molecular weight is 443 g/mol. The first kappa shape index (κ1) is 19.5. The molecule has 1 heterocycles. The number of ether oxygens (including phenoxy) is 1. The Balaban J connectivity index is 0.00000208. The summed E-state index contributed by atoms with van der Waals surface area (Å²) in [4.78, 5) is 6.95. The maximum atomic E-state index is 5.21. The summed E-state index contributed by atoms with van der Waals surface area (Å²) in [5.41, 5.74) is 3.07. The van der Waals surface area contributed by atoms with Gasteiger partial charge in [-0.25, -0.2) is 0 Å². The van der Waals surface area contributed by atoms with Crippen LogP contribution in [-0.2, 0) is 17.9 Å². The van der Waals surface area contributed by atoms with Crippen molar-refractivity contribution >= 4 is 29.9 Å². The molecule has 5 heteroatoms. The molecule has 0 bridgehead atoms. The van der Waals surface area contributed by atoms with E-state index in [0.717, 1.165) is 19.0 Å². The lowest BCUT2D eigenvalue weighted by Crippen LogP contribution is -2.40. The Morgan fingerprint density at radius 1 is 1.25 bits per heavy atom. The molecule has 1 saturated carbocycles. The van der Waals surface area contributed by atoms with Crippen LogP contribution in [0.5, 0.6) is 0 Å². The Kier molecular flexibility index (Phi) is 7.34. The van der Waals surface area contributed by atoms with Gasteiger partial charge in [-0.3, -0.25) is 4.99 Å². The van der Waals surface area contributed by atoms with Crippen molar-refractivity contribution in [3.63, 3.8) is 0 Å². The minimum absolute atomic E-state index is 0. The van der Waals surface area contributed by atoms with Gasteiger partial charge in [0.15, 0.2) is 5.96 Å². The molecule has 1 aromatic carbocycles. The molecule has 2 fully saturated rings. The molecule has 1 aliphatic carbocycles. The van der Waals surface area contributed by atoms with Gasteiger partial charge >= 0.3 is 0 Å². The van der Waals surface area contributed by atoms with Gasteiger partial charge in [0.1, 0.15) is 0 Å². The summed E-state index contributed by atoms with van der Waals surface area (Å²) in [6.07, 6.45) is 6.95. The van der Waals surface area contributed by atoms with Crippen LogP contribution >= 0.6 is 24.0 Å². The summed E-state index contributed by atoms with van der Waals surface area (Å²) >= 11 is 0. The van der Waals surface area contributed by atoms with Crippen molar-refractivity contribution in [3.05, 3.63) is 35.4 Å². The number of benzene rings is 1. The summed E-state index contributed by atoms with van der Waals surface area (Å²) in [5.74, 6) is 1.05. The van der Waals surface area contributed by atoms with Crippen LogP contribution in [0.3, 0.4) is 0 Å². The maximum absolute atomic E-state index is 5.21. The average Bonchev–Trinajstić information content (AvgIpc) is 3.19. The van der Waals surface area contributed by atoms with Crippen LogP contribution in [-0.4, -0.2) is 38.1 Å². The van der Waals surface area contributed by atoms with Gasteiger partial charge in [0.25, 0.3) is 0 Å². The number of halogens is 1. The number of methoxy groups -OCH3 is 1. The summed E-state index contributed by atoms with van der Waals surface area (Å²) in [6.45, 7) is 3.80. The molecule has 0 atom stereocenters. The van der Waals surface area contributed by atoms with Crippen LogP contribution in [0, 0.1) is 5.41 Å². The van der Waals surface area contributed by atoms with E-state index in [2.05, 4.69) is 39.5 Å². The fourth-order valence-corrected chi connectivity index (χ4v) is 4.16. The molecule has 0 radical (unpaired) electrons. The van der Waals surface area contributed by atoms with Crippen molar-refractivity contribution < 1.29 is 4.74 Å². The maximum Gasteiger partial charge on any atom is 0.193 e. The van der Waals surface area contributed by atoms with E-state index in [9.17, 15) is 0 Å². The fourth-order valence-electron chi connectivity index (χ4n) is 4.16. The normalized spacial score (nSPS) is 19.6. The molecule has 0 unspecified atom stereocenters. The third-order valence-electron chi connectivity index (χ3n) is 5.37. The third kappa shape index (κ3) is 4.63. The number of nitrogens with one attached hydrogen (secondary N) is 1. The van der Waals surface area contributed by atoms with Crippen molar-refractivity contribution in [2.45, 2.75) is 45.3 Å². The van der Waals surface area contributed by atoms with E-state index in [1.54, 1.807) is 7.11 Å². The Hall–Kier alpha value is -0.820. The highest BCUT2D eigenvalue weighted by Gasteiger charge is 2.40. The highest BCUT2D eigenvalue weighted by molar-refractivity contribution is 14.0. The first-order valence-electron chi connectivity index (χ1n) is 8.77. The van der Waals surface area contributed by atoms with Crippen LogP contribution < -0.4 is 5.32 Å². The molecule has 1 aliphatic heterocycles. The van der Waals surface area contributed by atoms with Crippen molar-refractivity contribution in [1.82, 2.24) is 10.2 Å². The van der Waals surface area contributed by atoms with Crippen molar-refractivity contribution in [2.75, 3.05) is 27.2 Å². The smallest absolute Gasteiger partial charge is 0.193 e. The van der Waals surface area contributed by atoms with Crippen molar-refractivity contribution in [3.8, 4) is 0 Å². The molecule has 1 N–H and O–H groups in total. The van der Waals surface area contributed by atoms with E-state index in [-0.39, 0.29) is 24.0 Å². The Morgan fingerprint density at radius 2 is 2.00 bits per heavy atom. The molecule has 24 heavy (non-hydrogen) atoms. The highest BCUT2D eigenvalue weighted by Crippen LogP contribution is 2.45. The standard InChI is InChI=1S/C19H29N3O.HI/c1-20-18(22-11-10-19(15-22)8-3-4-9-19)21-13-16-6-5-7-17(12-16)14-23-2;/h5-7,12H,3-4,8-11,13-15H2,1-2H3,(H,20,21);1H. The molecule has 4 nitrogen and oxygen atoms in total. The van der Waals surface area contributed by atoms with Gasteiger partial charge < -0.3 is 15.0 Å². The Labute approximate surface area is 163 Å². The quantitative estimate of drug-likeness (QED) is 0.437. The van der Waals surface area contributed by atoms with E-state index >= 15 is 0 Å². The van der Waals surface area contributed by atoms with Crippen LogP contribution in [0.2, 0.25) is 0 Å². The summed E-state index contributed by atoms with van der Waals surface area (Å²) in [5, 5.41) is 3.54. The summed E-state index contributed by atoms with van der Waals surface area (Å²) in [6, 6.07) is 8.55. The SMILES string of the molecule is CN=C(NCc1cccc(COC)c1)N1CCC2(CCCC2)C1.I. The number of rotatable bonds is 4. The molecule has 1 aromatic rings. The lowest BCUT2D eigenvalue weighted by molar-refractivity contribution is 0.185. The van der Waals surface area contributed by atoms with Crippen molar-refractivity contribution in [2.24, 2.45) is 10.4 Å². The summed E-state index contributed by atoms with van der Waals surface area (Å²) < 4.78 is 5.21. The lowest BCUT2D eigenvalue weighted by Gasteiger charge is -2.26. The number of aliphatic imine (C=N–C) groups is 1. The minimum atomic E-state index is 0. The van der Waals surface area contributed by atoms with E-state index in [0.29, 0.717) is 12.0 Å². The second kappa shape index (κ2) is 9.04. The summed E-state index contributed by atoms with van der Waals surface area (Å²) in [7, 11) is 3.63. The number of likely N-dealkylation sites (tertiary alicyclic amines) is 1. The van der Waals surface area contributed by atoms with Gasteiger partial charge in [-0.15, -0.1) is 24.0 Å². The largest absolute Gasteiger partial charge is 0.380 e. The second-order valence-electron chi connectivity index (χ2n) is 7.03. The predicted molar refractivity (Wildman–Crippen MR) is 110 cm³/mol. The number of hydrogen-bond donors (Lipinski definition) is 1. The van der Waals surface area contributed by atoms with Gasteiger partial charge in [0, 0.05) is 33.8 Å². The molecule has 2 aliphatic rings. The second-order valence-corrected chi connectivity index (χ2v) is 7.03. The first-order valence-corrected chi connectivity index (χ1v) is 8.77. The number of hydrogen-bond acceptors (Lipinski definition) is 2. The zero-order valence-electron chi connectivity index (χ0n) is 14.9. The monoisotopic (exact) mass is 443 g/mol. The number of nitrogens with zero attached hydrogens (tertiary/aromatic N) is 2. The van der Waals surface area contributed by atoms with Gasteiger partial charge in [0.05, 0.1) is 6.61 Å². The molecule has 1 saturated heterocycles. The van der Waals surface area contributed by atoms with E-state index in [1.807, 2.05) is 7.05 Å². The molecule has 3 rings (SSSR count). The first-order chi connectivity index (χ1) is 11.2. The molecule has 134 valence electrons. The predicted octanol–water partition coefficient (Wildman–Crippen LogP) is 3.79. The third-order valence-corrected chi connectivity index (χ3v) is 5.37. The molecular weight excluding hydrogens is 413 g/mol. The molecule has 0 aromatic heterocycles. The molecule has 0 amide bonds. The molecular formula is C19H30IN3O. The van der Waals surface area contributed by atoms with Gasteiger partial charge in [-0.1, -0.05) is 37.1 Å². The zero-order chi connectivity index (χ0) is 16.1. The van der Waals surface area contributed by atoms with E-state index in [1.165, 1.54) is 49.8 Å². The highest BCUT2D eigenvalue weighted by atomic mass is 127. The minimum Gasteiger partial charge on any atom is -0.380 e. The van der Waals surface area contributed by atoms with Crippen LogP contribution in [0.15, 0.2) is 29.3 Å². The van der Waals surface area contributed by atoms with E-state index < -0.39 is 0 Å². The van der Waals surface area contributed by atoms with E-state index in [4.69, 9.17) is 4.74 Å². The van der Waals surface area contributed by atoms with Crippen LogP contribution in [0.1, 0.15) is 43.2 Å². The Bertz CT molecular complexity index is 555. The van der Waals surface area contributed by atoms with Crippen molar-refractivity contribution in [1.29, 1.82) is 0 Å². The molecule has 1 spiro atoms.